The Morgan fingerprint density at radius 2 is 1.33 bits per heavy atom. The Kier molecular flexibility index (Phi) is 9.24. The second-order valence-corrected chi connectivity index (χ2v) is 9.60. The summed E-state index contributed by atoms with van der Waals surface area (Å²) in [6.07, 6.45) is 0. The Morgan fingerprint density at radius 3 is 1.67 bits per heavy atom. The van der Waals surface area contributed by atoms with Gasteiger partial charge in [0.15, 0.2) is 0 Å². The molecule has 1 unspecified atom stereocenters. The Bertz CT molecular complexity index is 988. The van der Waals surface area contributed by atoms with Gasteiger partial charge in [-0.3, -0.25) is 4.79 Å². The van der Waals surface area contributed by atoms with E-state index in [0.717, 1.165) is 16.0 Å². The minimum atomic E-state index is -3.85. The molecule has 0 fully saturated rings. The van der Waals surface area contributed by atoms with E-state index in [1.165, 1.54) is 18.2 Å². The summed E-state index contributed by atoms with van der Waals surface area (Å²) in [6.45, 7) is 2.55. The third-order valence-corrected chi connectivity index (χ3v) is 6.99. The second-order valence-electron chi connectivity index (χ2n) is 7.51. The van der Waals surface area contributed by atoms with Crippen LogP contribution in [0, 0.1) is 0 Å². The lowest BCUT2D eigenvalue weighted by molar-refractivity contribution is -0.148. The summed E-state index contributed by atoms with van der Waals surface area (Å²) in [5.74, 6) is -0.796. The lowest BCUT2D eigenvalue weighted by atomic mass is 10.2. The SMILES string of the molecule is COc1ccc(CN(Cc2ccc(OC)cc2)S(=O)(=O)CCN(C(C)=O)C(C)C(=O)O)cc1. The van der Waals surface area contributed by atoms with Gasteiger partial charge in [0.2, 0.25) is 15.9 Å². The van der Waals surface area contributed by atoms with Crippen molar-refractivity contribution >= 4 is 21.9 Å². The lowest BCUT2D eigenvalue weighted by Gasteiger charge is -2.27. The van der Waals surface area contributed by atoms with Crippen molar-refractivity contribution < 1.29 is 32.6 Å². The summed E-state index contributed by atoms with van der Waals surface area (Å²) in [5, 5.41) is 9.24. The molecule has 0 heterocycles. The number of sulfonamides is 1. The van der Waals surface area contributed by atoms with Crippen molar-refractivity contribution in [1.29, 1.82) is 0 Å². The van der Waals surface area contributed by atoms with E-state index in [0.29, 0.717) is 11.5 Å². The molecule has 0 aliphatic rings. The van der Waals surface area contributed by atoms with Gasteiger partial charge in [-0.2, -0.15) is 4.31 Å². The summed E-state index contributed by atoms with van der Waals surface area (Å²) in [7, 11) is -0.754. The monoisotopic (exact) mass is 478 g/mol. The first-order chi connectivity index (χ1) is 15.6. The summed E-state index contributed by atoms with van der Waals surface area (Å²) in [4.78, 5) is 24.3. The maximum Gasteiger partial charge on any atom is 0.326 e. The highest BCUT2D eigenvalue weighted by Gasteiger charge is 2.28. The molecule has 9 nitrogen and oxygen atoms in total. The van der Waals surface area contributed by atoms with E-state index >= 15 is 0 Å². The zero-order valence-corrected chi connectivity index (χ0v) is 20.0. The number of benzene rings is 2. The van der Waals surface area contributed by atoms with Crippen molar-refractivity contribution in [2.45, 2.75) is 33.0 Å². The molecule has 33 heavy (non-hydrogen) atoms. The van der Waals surface area contributed by atoms with Crippen LogP contribution >= 0.6 is 0 Å². The number of methoxy groups -OCH3 is 2. The van der Waals surface area contributed by atoms with Crippen molar-refractivity contribution in [3.63, 3.8) is 0 Å². The van der Waals surface area contributed by atoms with Crippen LogP contribution in [0.4, 0.5) is 0 Å². The zero-order valence-electron chi connectivity index (χ0n) is 19.2. The molecule has 1 atom stereocenters. The van der Waals surface area contributed by atoms with Crippen LogP contribution in [0.25, 0.3) is 0 Å². The highest BCUT2D eigenvalue weighted by Crippen LogP contribution is 2.20. The van der Waals surface area contributed by atoms with Crippen molar-refractivity contribution in [3.8, 4) is 11.5 Å². The number of carbonyl (C=O) groups excluding carboxylic acids is 1. The molecule has 0 bridgehead atoms. The van der Waals surface area contributed by atoms with Crippen molar-refractivity contribution in [3.05, 3.63) is 59.7 Å². The molecular weight excluding hydrogens is 448 g/mol. The van der Waals surface area contributed by atoms with Gasteiger partial charge in [0.25, 0.3) is 0 Å². The summed E-state index contributed by atoms with van der Waals surface area (Å²) >= 11 is 0. The van der Waals surface area contributed by atoms with Crippen LogP contribution in [-0.2, 0) is 32.7 Å². The quantitative estimate of drug-likeness (QED) is 0.498. The van der Waals surface area contributed by atoms with Gasteiger partial charge in [-0.1, -0.05) is 24.3 Å². The molecule has 0 aliphatic heterocycles. The van der Waals surface area contributed by atoms with Crippen LogP contribution in [0.1, 0.15) is 25.0 Å². The number of carboxylic acids is 1. The smallest absolute Gasteiger partial charge is 0.326 e. The average molecular weight is 479 g/mol. The predicted molar refractivity (Wildman–Crippen MR) is 124 cm³/mol. The molecule has 180 valence electrons. The van der Waals surface area contributed by atoms with Gasteiger partial charge < -0.3 is 19.5 Å². The number of hydrogen-bond acceptors (Lipinski definition) is 6. The minimum Gasteiger partial charge on any atom is -0.497 e. The predicted octanol–water partition coefficient (Wildman–Crippen LogP) is 2.36. The number of ether oxygens (including phenoxy) is 2. The van der Waals surface area contributed by atoms with Gasteiger partial charge >= 0.3 is 5.97 Å². The van der Waals surface area contributed by atoms with E-state index in [9.17, 15) is 23.1 Å². The molecule has 2 rings (SSSR count). The van der Waals surface area contributed by atoms with Crippen molar-refractivity contribution in [2.24, 2.45) is 0 Å². The second kappa shape index (κ2) is 11.7. The van der Waals surface area contributed by atoms with Crippen LogP contribution in [0.5, 0.6) is 11.5 Å². The molecule has 0 spiro atoms. The molecule has 1 amide bonds. The number of aliphatic carboxylic acids is 1. The average Bonchev–Trinajstić information content (AvgIpc) is 2.79. The van der Waals surface area contributed by atoms with Gasteiger partial charge in [-0.25, -0.2) is 13.2 Å². The van der Waals surface area contributed by atoms with E-state index < -0.39 is 33.7 Å². The summed E-state index contributed by atoms with van der Waals surface area (Å²) in [6, 6.07) is 13.0. The lowest BCUT2D eigenvalue weighted by Crippen LogP contribution is -2.46. The number of nitrogens with zero attached hydrogens (tertiary/aromatic N) is 2. The van der Waals surface area contributed by atoms with Crippen LogP contribution in [-0.4, -0.2) is 67.2 Å². The minimum absolute atomic E-state index is 0.104. The highest BCUT2D eigenvalue weighted by molar-refractivity contribution is 7.89. The number of hydrogen-bond donors (Lipinski definition) is 1. The molecule has 0 radical (unpaired) electrons. The maximum atomic E-state index is 13.3. The summed E-state index contributed by atoms with van der Waals surface area (Å²) in [5.41, 5.74) is 1.52. The number of rotatable bonds is 12. The molecule has 0 saturated carbocycles. The topological polar surface area (TPSA) is 113 Å². The summed E-state index contributed by atoms with van der Waals surface area (Å²) < 4.78 is 38.2. The normalized spacial score (nSPS) is 12.3. The maximum absolute atomic E-state index is 13.3. The van der Waals surface area contributed by atoms with Gasteiger partial charge in [-0.05, 0) is 42.3 Å². The van der Waals surface area contributed by atoms with Gasteiger partial charge in [-0.15, -0.1) is 0 Å². The van der Waals surface area contributed by atoms with E-state index in [2.05, 4.69) is 0 Å². The number of amides is 1. The van der Waals surface area contributed by atoms with E-state index in [1.807, 2.05) is 0 Å². The van der Waals surface area contributed by atoms with Gasteiger partial charge in [0.05, 0.1) is 20.0 Å². The van der Waals surface area contributed by atoms with Crippen molar-refractivity contribution in [2.75, 3.05) is 26.5 Å². The number of carboxylic acid groups (broad SMARTS) is 1. The standard InChI is InChI=1S/C23H30N2O7S/c1-17(23(27)28)25(18(2)26)13-14-33(29,30)24(15-19-5-9-21(31-3)10-6-19)16-20-7-11-22(32-4)12-8-20/h5-12,17H,13-16H2,1-4H3,(H,27,28). The van der Waals surface area contributed by atoms with Crippen LogP contribution in [0.2, 0.25) is 0 Å². The molecule has 2 aromatic carbocycles. The first-order valence-electron chi connectivity index (χ1n) is 10.3. The molecule has 0 aliphatic carbocycles. The molecule has 0 aromatic heterocycles. The van der Waals surface area contributed by atoms with Crippen LogP contribution in [0.15, 0.2) is 48.5 Å². The largest absolute Gasteiger partial charge is 0.497 e. The van der Waals surface area contributed by atoms with E-state index in [4.69, 9.17) is 9.47 Å². The molecular formula is C23H30N2O7S. The zero-order chi connectivity index (χ0) is 24.6. The third kappa shape index (κ3) is 7.47. The van der Waals surface area contributed by atoms with Crippen LogP contribution in [0.3, 0.4) is 0 Å². The van der Waals surface area contributed by atoms with E-state index in [-0.39, 0.29) is 19.6 Å². The first kappa shape index (κ1) is 26.1. The van der Waals surface area contributed by atoms with Gasteiger partial charge in [0.1, 0.15) is 17.5 Å². The van der Waals surface area contributed by atoms with Gasteiger partial charge in [0, 0.05) is 26.6 Å². The Morgan fingerprint density at radius 1 is 0.909 bits per heavy atom. The Hall–Kier alpha value is -3.11. The molecule has 1 N–H and O–H groups in total. The van der Waals surface area contributed by atoms with Crippen LogP contribution < -0.4 is 9.47 Å². The fraction of sp³-hybridized carbons (Fsp3) is 0.391. The van der Waals surface area contributed by atoms with Crippen molar-refractivity contribution in [1.82, 2.24) is 9.21 Å². The first-order valence-corrected chi connectivity index (χ1v) is 11.9. The molecule has 2 aromatic rings. The molecule has 0 saturated heterocycles. The highest BCUT2D eigenvalue weighted by atomic mass is 32.2. The fourth-order valence-electron chi connectivity index (χ4n) is 3.22. The Labute approximate surface area is 194 Å². The number of carbonyl (C=O) groups is 2. The Balaban J connectivity index is 2.28. The molecule has 10 heteroatoms. The fourth-order valence-corrected chi connectivity index (χ4v) is 4.60. The van der Waals surface area contributed by atoms with E-state index in [1.54, 1.807) is 62.8 Å². The third-order valence-electron chi connectivity index (χ3n) is 5.25.